The van der Waals surface area contributed by atoms with Gasteiger partial charge in [-0.1, -0.05) is 100 Å². The molecule has 0 aliphatic carbocycles. The van der Waals surface area contributed by atoms with Gasteiger partial charge in [0, 0.05) is 16.7 Å². The van der Waals surface area contributed by atoms with Gasteiger partial charge in [0.15, 0.2) is 5.78 Å². The molecule has 0 amide bonds. The molecule has 1 atom stereocenters. The summed E-state index contributed by atoms with van der Waals surface area (Å²) in [5, 5.41) is 20.4. The lowest BCUT2D eigenvalue weighted by molar-refractivity contribution is 0.0678. The molecule has 34 heavy (non-hydrogen) atoms. The van der Waals surface area contributed by atoms with Crippen LogP contribution in [0.4, 0.5) is 0 Å². The lowest BCUT2D eigenvalue weighted by atomic mass is 9.80. The van der Waals surface area contributed by atoms with Crippen LogP contribution in [0, 0.1) is 5.92 Å². The smallest absolute Gasteiger partial charge is 0.336 e. The van der Waals surface area contributed by atoms with Gasteiger partial charge in [0.05, 0.1) is 11.1 Å². The molecule has 0 heterocycles. The van der Waals surface area contributed by atoms with Crippen LogP contribution >= 0.6 is 0 Å². The van der Waals surface area contributed by atoms with E-state index in [1.54, 1.807) is 54.6 Å². The Morgan fingerprint density at radius 2 is 1.44 bits per heavy atom. The Morgan fingerprint density at radius 1 is 0.824 bits per heavy atom. The van der Waals surface area contributed by atoms with Gasteiger partial charge < -0.3 is 10.2 Å². The highest BCUT2D eigenvalue weighted by atomic mass is 16.4. The Bertz CT molecular complexity index is 1170. The maximum absolute atomic E-state index is 13.4. The van der Waals surface area contributed by atoms with E-state index >= 15 is 0 Å². The second-order valence-electron chi connectivity index (χ2n) is 8.49. The molecule has 0 spiro atoms. The number of ketones is 1. The predicted octanol–water partition coefficient (Wildman–Crippen LogP) is 6.74. The highest BCUT2D eigenvalue weighted by Gasteiger charge is 2.30. The summed E-state index contributed by atoms with van der Waals surface area (Å²) >= 11 is 0. The Kier molecular flexibility index (Phi) is 8.36. The van der Waals surface area contributed by atoms with E-state index in [-0.39, 0.29) is 22.6 Å². The maximum Gasteiger partial charge on any atom is 0.336 e. The largest absolute Gasteiger partial charge is 0.478 e. The zero-order chi connectivity index (χ0) is 24.7. The second-order valence-corrected chi connectivity index (χ2v) is 8.49. The molecule has 0 radical (unpaired) electrons. The van der Waals surface area contributed by atoms with E-state index in [2.05, 4.69) is 13.8 Å². The van der Waals surface area contributed by atoms with Crippen molar-refractivity contribution >= 4 is 17.7 Å². The van der Waals surface area contributed by atoms with Crippen LogP contribution in [0.5, 0.6) is 0 Å². The van der Waals surface area contributed by atoms with E-state index in [4.69, 9.17) is 0 Å². The van der Waals surface area contributed by atoms with Crippen LogP contribution in [-0.2, 0) is 6.42 Å². The second kappa shape index (κ2) is 11.4. The summed E-state index contributed by atoms with van der Waals surface area (Å²) in [6, 6.07) is 18.6. The number of rotatable bonds is 11. The summed E-state index contributed by atoms with van der Waals surface area (Å²) in [4.78, 5) is 38.5. The average Bonchev–Trinajstić information content (AvgIpc) is 2.85. The summed E-state index contributed by atoms with van der Waals surface area (Å²) in [5.41, 5.74) is 1.49. The molecular formula is C29H30O5. The Labute approximate surface area is 200 Å². The van der Waals surface area contributed by atoms with E-state index in [0.717, 1.165) is 25.7 Å². The molecule has 5 nitrogen and oxygen atoms in total. The number of benzene rings is 3. The SMILES string of the molecule is CCCCC(CC)Cc1c(C(=O)O)c(C(=O)c2ccccc2)cc(C(=O)O)c1-c1ccccc1. The van der Waals surface area contributed by atoms with Crippen molar-refractivity contribution in [1.29, 1.82) is 0 Å². The van der Waals surface area contributed by atoms with E-state index < -0.39 is 17.7 Å². The molecule has 0 bridgehead atoms. The number of unbranched alkanes of at least 4 members (excludes halogenated alkanes) is 1. The Hall–Kier alpha value is -3.73. The van der Waals surface area contributed by atoms with Crippen LogP contribution in [0.3, 0.4) is 0 Å². The Balaban J connectivity index is 2.37. The lowest BCUT2D eigenvalue weighted by Gasteiger charge is -2.23. The lowest BCUT2D eigenvalue weighted by Crippen LogP contribution is -2.19. The third-order valence-corrected chi connectivity index (χ3v) is 6.25. The van der Waals surface area contributed by atoms with Crippen LogP contribution in [0.2, 0.25) is 0 Å². The van der Waals surface area contributed by atoms with E-state index in [1.807, 2.05) is 6.07 Å². The van der Waals surface area contributed by atoms with E-state index in [0.29, 0.717) is 28.7 Å². The van der Waals surface area contributed by atoms with Gasteiger partial charge in [-0.2, -0.15) is 0 Å². The fourth-order valence-electron chi connectivity index (χ4n) is 4.45. The first-order valence-corrected chi connectivity index (χ1v) is 11.7. The molecular weight excluding hydrogens is 428 g/mol. The number of hydrogen-bond donors (Lipinski definition) is 2. The van der Waals surface area contributed by atoms with Crippen molar-refractivity contribution < 1.29 is 24.6 Å². The summed E-state index contributed by atoms with van der Waals surface area (Å²) in [7, 11) is 0. The van der Waals surface area contributed by atoms with Gasteiger partial charge >= 0.3 is 11.9 Å². The first-order chi connectivity index (χ1) is 16.4. The normalized spacial score (nSPS) is 11.7. The van der Waals surface area contributed by atoms with Crippen LogP contribution in [0.15, 0.2) is 66.7 Å². The van der Waals surface area contributed by atoms with E-state index in [1.165, 1.54) is 6.07 Å². The van der Waals surface area contributed by atoms with Crippen LogP contribution in [0.25, 0.3) is 11.1 Å². The van der Waals surface area contributed by atoms with Gasteiger partial charge in [0.1, 0.15) is 0 Å². The van der Waals surface area contributed by atoms with Gasteiger partial charge in [-0.3, -0.25) is 4.79 Å². The topological polar surface area (TPSA) is 91.7 Å². The third-order valence-electron chi connectivity index (χ3n) is 6.25. The Morgan fingerprint density at radius 3 is 1.97 bits per heavy atom. The van der Waals surface area contributed by atoms with E-state index in [9.17, 15) is 24.6 Å². The van der Waals surface area contributed by atoms with Crippen molar-refractivity contribution in [2.45, 2.75) is 46.0 Å². The number of carbonyl (C=O) groups excluding carboxylic acids is 1. The van der Waals surface area contributed by atoms with Crippen LogP contribution in [0.1, 0.15) is 81.7 Å². The predicted molar refractivity (Wildman–Crippen MR) is 133 cm³/mol. The van der Waals surface area contributed by atoms with Crippen molar-refractivity contribution in [3.05, 3.63) is 94.5 Å². The standard InChI is InChI=1S/C29H30O5/c1-3-5-12-19(4-2)17-22-25(20-13-8-6-9-14-20)24(28(31)32)18-23(26(22)29(33)34)27(30)21-15-10-7-11-16-21/h6-11,13-16,18-19H,3-5,12,17H2,1-2H3,(H,31,32)(H,33,34). The van der Waals surface area contributed by atoms with Crippen molar-refractivity contribution in [3.8, 4) is 11.1 Å². The number of carboxylic acid groups (broad SMARTS) is 2. The van der Waals surface area contributed by atoms with Crippen LogP contribution < -0.4 is 0 Å². The maximum atomic E-state index is 13.4. The van der Waals surface area contributed by atoms with Crippen LogP contribution in [-0.4, -0.2) is 27.9 Å². The third kappa shape index (κ3) is 5.42. The van der Waals surface area contributed by atoms with Gasteiger partial charge in [0.25, 0.3) is 0 Å². The van der Waals surface area contributed by atoms with Gasteiger partial charge in [0.2, 0.25) is 0 Å². The number of carboxylic acids is 2. The molecule has 0 aliphatic rings. The molecule has 0 saturated carbocycles. The first-order valence-electron chi connectivity index (χ1n) is 11.7. The quantitative estimate of drug-likeness (QED) is 0.310. The summed E-state index contributed by atoms with van der Waals surface area (Å²) < 4.78 is 0. The minimum absolute atomic E-state index is 0.0594. The molecule has 0 fully saturated rings. The summed E-state index contributed by atoms with van der Waals surface area (Å²) in [6.07, 6.45) is 4.13. The molecule has 3 aromatic carbocycles. The molecule has 0 aromatic heterocycles. The van der Waals surface area contributed by atoms with Gasteiger partial charge in [-0.15, -0.1) is 0 Å². The van der Waals surface area contributed by atoms with Crippen molar-refractivity contribution in [3.63, 3.8) is 0 Å². The van der Waals surface area contributed by atoms with Gasteiger partial charge in [-0.25, -0.2) is 9.59 Å². The number of hydrogen-bond acceptors (Lipinski definition) is 3. The van der Waals surface area contributed by atoms with Crippen molar-refractivity contribution in [1.82, 2.24) is 0 Å². The first kappa shape index (κ1) is 24.9. The number of carbonyl (C=O) groups is 3. The molecule has 2 N–H and O–H groups in total. The average molecular weight is 459 g/mol. The summed E-state index contributed by atoms with van der Waals surface area (Å²) in [6.45, 7) is 4.16. The molecule has 176 valence electrons. The number of aromatic carboxylic acids is 2. The van der Waals surface area contributed by atoms with Gasteiger partial charge in [-0.05, 0) is 29.5 Å². The minimum atomic E-state index is -1.23. The molecule has 5 heteroatoms. The fraction of sp³-hybridized carbons (Fsp3) is 0.276. The highest BCUT2D eigenvalue weighted by molar-refractivity contribution is 6.17. The molecule has 3 rings (SSSR count). The monoisotopic (exact) mass is 458 g/mol. The molecule has 3 aromatic rings. The zero-order valence-electron chi connectivity index (χ0n) is 19.6. The molecule has 0 saturated heterocycles. The summed E-state index contributed by atoms with van der Waals surface area (Å²) in [5.74, 6) is -2.75. The fourth-order valence-corrected chi connectivity index (χ4v) is 4.45. The minimum Gasteiger partial charge on any atom is -0.478 e. The highest BCUT2D eigenvalue weighted by Crippen LogP contribution is 2.36. The molecule has 0 aliphatic heterocycles. The zero-order valence-corrected chi connectivity index (χ0v) is 19.6. The van der Waals surface area contributed by atoms with Crippen molar-refractivity contribution in [2.24, 2.45) is 5.92 Å². The van der Waals surface area contributed by atoms with Crippen molar-refractivity contribution in [2.75, 3.05) is 0 Å². The molecule has 1 unspecified atom stereocenters.